The molecule has 2 heterocycles. The molecule has 0 fully saturated rings. The molecule has 0 bridgehead atoms. The molecular weight excluding hydrogens is 535 g/mol. The SMILES string of the molecule is Cc1noc(C)c1CNC(=NCc1ccc(Br)cc1)NCCc1ccco1.I. The molecule has 8 heteroatoms. The van der Waals surface area contributed by atoms with Crippen molar-refractivity contribution in [2.75, 3.05) is 6.54 Å². The van der Waals surface area contributed by atoms with Crippen molar-refractivity contribution < 1.29 is 8.94 Å². The van der Waals surface area contributed by atoms with Crippen LogP contribution in [-0.2, 0) is 19.5 Å². The Morgan fingerprint density at radius 1 is 1.14 bits per heavy atom. The van der Waals surface area contributed by atoms with Gasteiger partial charge in [0.05, 0.1) is 18.5 Å². The van der Waals surface area contributed by atoms with Crippen LogP contribution in [0.1, 0.15) is 28.3 Å². The number of nitrogens with one attached hydrogen (secondary N) is 2. The van der Waals surface area contributed by atoms with E-state index in [1.165, 1.54) is 0 Å². The molecule has 0 radical (unpaired) electrons. The fourth-order valence-corrected chi connectivity index (χ4v) is 2.88. The number of hydrogen-bond acceptors (Lipinski definition) is 4. The van der Waals surface area contributed by atoms with Crippen LogP contribution in [0.15, 0.2) is 61.1 Å². The summed E-state index contributed by atoms with van der Waals surface area (Å²) in [6.45, 7) is 5.77. The zero-order chi connectivity index (χ0) is 19.1. The molecule has 0 aliphatic heterocycles. The van der Waals surface area contributed by atoms with Crippen LogP contribution in [0, 0.1) is 13.8 Å². The molecular formula is C20H24BrIN4O2. The number of aromatic nitrogens is 1. The molecule has 2 N–H and O–H groups in total. The summed E-state index contributed by atoms with van der Waals surface area (Å²) in [7, 11) is 0. The largest absolute Gasteiger partial charge is 0.469 e. The van der Waals surface area contributed by atoms with Crippen LogP contribution >= 0.6 is 39.9 Å². The number of furan rings is 1. The molecule has 3 aromatic rings. The highest BCUT2D eigenvalue weighted by Gasteiger charge is 2.09. The Kier molecular flexibility index (Phi) is 9.04. The van der Waals surface area contributed by atoms with Crippen molar-refractivity contribution in [1.82, 2.24) is 15.8 Å². The summed E-state index contributed by atoms with van der Waals surface area (Å²) in [6.07, 6.45) is 2.48. The van der Waals surface area contributed by atoms with Crippen molar-refractivity contribution in [2.24, 2.45) is 4.99 Å². The third kappa shape index (κ3) is 6.66. The molecule has 3 rings (SSSR count). The first-order valence-electron chi connectivity index (χ1n) is 8.82. The maximum atomic E-state index is 5.38. The molecule has 0 aliphatic rings. The average Bonchev–Trinajstić information content (AvgIpc) is 3.29. The van der Waals surface area contributed by atoms with E-state index in [0.717, 1.165) is 51.7 Å². The second-order valence-electron chi connectivity index (χ2n) is 6.20. The molecule has 0 spiro atoms. The molecule has 0 unspecified atom stereocenters. The zero-order valence-corrected chi connectivity index (χ0v) is 19.8. The minimum absolute atomic E-state index is 0. The van der Waals surface area contributed by atoms with Crippen LogP contribution in [0.5, 0.6) is 0 Å². The van der Waals surface area contributed by atoms with E-state index in [1.54, 1.807) is 6.26 Å². The van der Waals surface area contributed by atoms with Crippen LogP contribution in [0.25, 0.3) is 0 Å². The molecule has 0 aliphatic carbocycles. The number of guanidine groups is 1. The smallest absolute Gasteiger partial charge is 0.191 e. The molecule has 6 nitrogen and oxygen atoms in total. The molecule has 0 saturated carbocycles. The van der Waals surface area contributed by atoms with Gasteiger partial charge in [-0.1, -0.05) is 33.2 Å². The molecule has 0 saturated heterocycles. The lowest BCUT2D eigenvalue weighted by Gasteiger charge is -2.12. The summed E-state index contributed by atoms with van der Waals surface area (Å²) in [5.41, 5.74) is 3.09. The normalized spacial score (nSPS) is 11.2. The van der Waals surface area contributed by atoms with Gasteiger partial charge in [-0.3, -0.25) is 0 Å². The summed E-state index contributed by atoms with van der Waals surface area (Å²) in [5, 5.41) is 10.7. The standard InChI is InChI=1S/C20H23BrN4O2.HI/c1-14-19(15(2)27-25-14)13-24-20(22-10-9-18-4-3-11-26-18)23-12-16-5-7-17(21)8-6-16;/h3-8,11H,9-10,12-13H2,1-2H3,(H2,22,23,24);1H. The van der Waals surface area contributed by atoms with Crippen molar-refractivity contribution in [1.29, 1.82) is 0 Å². The predicted octanol–water partition coefficient (Wildman–Crippen LogP) is 4.74. The van der Waals surface area contributed by atoms with E-state index in [9.17, 15) is 0 Å². The minimum atomic E-state index is 0. The quantitative estimate of drug-likeness (QED) is 0.249. The van der Waals surface area contributed by atoms with Gasteiger partial charge in [-0.15, -0.1) is 24.0 Å². The Morgan fingerprint density at radius 3 is 2.57 bits per heavy atom. The number of halogens is 2. The fourth-order valence-electron chi connectivity index (χ4n) is 2.62. The molecule has 1 aromatic carbocycles. The average molecular weight is 559 g/mol. The molecule has 150 valence electrons. The number of aliphatic imine (C=N–C) groups is 1. The maximum Gasteiger partial charge on any atom is 0.191 e. The van der Waals surface area contributed by atoms with E-state index in [-0.39, 0.29) is 24.0 Å². The highest BCUT2D eigenvalue weighted by atomic mass is 127. The van der Waals surface area contributed by atoms with E-state index in [0.29, 0.717) is 13.1 Å². The van der Waals surface area contributed by atoms with Crippen molar-refractivity contribution >= 4 is 45.9 Å². The second kappa shape index (κ2) is 11.3. The topological polar surface area (TPSA) is 75.6 Å². The molecule has 2 aromatic heterocycles. The van der Waals surface area contributed by atoms with E-state index in [2.05, 4.69) is 43.9 Å². The van der Waals surface area contributed by atoms with Gasteiger partial charge < -0.3 is 19.6 Å². The van der Waals surface area contributed by atoms with Gasteiger partial charge in [0, 0.05) is 29.5 Å². The molecule has 0 atom stereocenters. The van der Waals surface area contributed by atoms with Gasteiger partial charge in [0.25, 0.3) is 0 Å². The summed E-state index contributed by atoms with van der Waals surface area (Å²) < 4.78 is 11.7. The first-order valence-corrected chi connectivity index (χ1v) is 9.62. The van der Waals surface area contributed by atoms with Crippen molar-refractivity contribution in [3.05, 3.63) is 75.5 Å². The number of nitrogens with zero attached hydrogens (tertiary/aromatic N) is 2. The van der Waals surface area contributed by atoms with Gasteiger partial charge in [-0.05, 0) is 43.7 Å². The Balaban J connectivity index is 0.00000280. The number of aryl methyl sites for hydroxylation is 2. The van der Waals surface area contributed by atoms with Crippen LogP contribution in [-0.4, -0.2) is 17.7 Å². The molecule has 28 heavy (non-hydrogen) atoms. The molecule has 0 amide bonds. The van der Waals surface area contributed by atoms with Gasteiger partial charge in [0.1, 0.15) is 11.5 Å². The lowest BCUT2D eigenvalue weighted by atomic mass is 10.2. The van der Waals surface area contributed by atoms with E-state index < -0.39 is 0 Å². The highest BCUT2D eigenvalue weighted by molar-refractivity contribution is 14.0. The van der Waals surface area contributed by atoms with Crippen molar-refractivity contribution in [2.45, 2.75) is 33.4 Å². The van der Waals surface area contributed by atoms with Crippen LogP contribution < -0.4 is 10.6 Å². The van der Waals surface area contributed by atoms with Crippen molar-refractivity contribution in [3.63, 3.8) is 0 Å². The number of hydrogen-bond donors (Lipinski definition) is 2. The Hall–Kier alpha value is -1.81. The van der Waals surface area contributed by atoms with E-state index >= 15 is 0 Å². The van der Waals surface area contributed by atoms with Crippen LogP contribution in [0.2, 0.25) is 0 Å². The second-order valence-corrected chi connectivity index (χ2v) is 7.12. The van der Waals surface area contributed by atoms with Gasteiger partial charge in [0.15, 0.2) is 5.96 Å². The monoisotopic (exact) mass is 558 g/mol. The lowest BCUT2D eigenvalue weighted by molar-refractivity contribution is 0.392. The van der Waals surface area contributed by atoms with E-state index in [4.69, 9.17) is 13.9 Å². The first kappa shape index (κ1) is 22.5. The predicted molar refractivity (Wildman–Crippen MR) is 124 cm³/mol. The van der Waals surface area contributed by atoms with Crippen LogP contribution in [0.3, 0.4) is 0 Å². The highest BCUT2D eigenvalue weighted by Crippen LogP contribution is 2.12. The first-order chi connectivity index (χ1) is 13.1. The summed E-state index contributed by atoms with van der Waals surface area (Å²) in [5.74, 6) is 2.51. The fraction of sp³-hybridized carbons (Fsp3) is 0.300. The van der Waals surface area contributed by atoms with Gasteiger partial charge >= 0.3 is 0 Å². The minimum Gasteiger partial charge on any atom is -0.469 e. The number of benzene rings is 1. The van der Waals surface area contributed by atoms with Crippen molar-refractivity contribution in [3.8, 4) is 0 Å². The Bertz CT molecular complexity index is 857. The third-order valence-corrected chi connectivity index (χ3v) is 4.72. The van der Waals surface area contributed by atoms with Gasteiger partial charge in [-0.2, -0.15) is 0 Å². The Labute approximate surface area is 190 Å². The summed E-state index contributed by atoms with van der Waals surface area (Å²) >= 11 is 3.45. The zero-order valence-electron chi connectivity index (χ0n) is 15.9. The lowest BCUT2D eigenvalue weighted by Crippen LogP contribution is -2.38. The number of rotatable bonds is 7. The maximum absolute atomic E-state index is 5.38. The van der Waals surface area contributed by atoms with Gasteiger partial charge in [0.2, 0.25) is 0 Å². The van der Waals surface area contributed by atoms with Gasteiger partial charge in [-0.25, -0.2) is 4.99 Å². The summed E-state index contributed by atoms with van der Waals surface area (Å²) in [4.78, 5) is 4.70. The summed E-state index contributed by atoms with van der Waals surface area (Å²) in [6, 6.07) is 12.0. The third-order valence-electron chi connectivity index (χ3n) is 4.19. The van der Waals surface area contributed by atoms with Crippen LogP contribution in [0.4, 0.5) is 0 Å². The Morgan fingerprint density at radius 2 is 1.93 bits per heavy atom. The van der Waals surface area contributed by atoms with E-state index in [1.807, 2.05) is 38.1 Å².